The van der Waals surface area contributed by atoms with Crippen molar-refractivity contribution in [1.82, 2.24) is 24.6 Å². The zero-order chi connectivity index (χ0) is 20.5. The first-order chi connectivity index (χ1) is 14.7. The zero-order valence-electron chi connectivity index (χ0n) is 16.2. The molecule has 10 heteroatoms. The van der Waals surface area contributed by atoms with Crippen molar-refractivity contribution in [3.8, 4) is 11.3 Å². The van der Waals surface area contributed by atoms with Gasteiger partial charge in [-0.1, -0.05) is 0 Å². The van der Waals surface area contributed by atoms with Crippen molar-refractivity contribution < 1.29 is 4.79 Å². The molecule has 0 aliphatic carbocycles. The van der Waals surface area contributed by atoms with Gasteiger partial charge in [0.2, 0.25) is 0 Å². The Morgan fingerprint density at radius 2 is 1.97 bits per heavy atom. The summed E-state index contributed by atoms with van der Waals surface area (Å²) in [4.78, 5) is 27.7. The fraction of sp³-hybridized carbons (Fsp3) is 0.250. The lowest BCUT2D eigenvalue weighted by Gasteiger charge is -2.27. The van der Waals surface area contributed by atoms with E-state index in [-0.39, 0.29) is 0 Å². The van der Waals surface area contributed by atoms with Gasteiger partial charge in [-0.15, -0.1) is 11.3 Å². The number of hydrogen-bond acceptors (Lipinski definition) is 8. The summed E-state index contributed by atoms with van der Waals surface area (Å²) < 4.78 is 1.69. The summed E-state index contributed by atoms with van der Waals surface area (Å²) in [5, 5.41) is 9.45. The van der Waals surface area contributed by atoms with Gasteiger partial charge in [0.05, 0.1) is 28.7 Å². The van der Waals surface area contributed by atoms with Gasteiger partial charge < -0.3 is 16.0 Å². The third-order valence-corrected chi connectivity index (χ3v) is 6.08. The van der Waals surface area contributed by atoms with E-state index in [4.69, 9.17) is 5.73 Å². The van der Waals surface area contributed by atoms with E-state index in [1.807, 2.05) is 23.7 Å². The van der Waals surface area contributed by atoms with Crippen LogP contribution >= 0.6 is 11.3 Å². The third kappa shape index (κ3) is 3.45. The highest BCUT2D eigenvalue weighted by Crippen LogP contribution is 2.28. The number of pyridine rings is 1. The number of fused-ring (bicyclic) bond motifs is 1. The Kier molecular flexibility index (Phi) is 4.75. The summed E-state index contributed by atoms with van der Waals surface area (Å²) in [5.41, 5.74) is 8.32. The molecule has 1 aliphatic heterocycles. The molecule has 0 spiro atoms. The van der Waals surface area contributed by atoms with Crippen LogP contribution in [0.15, 0.2) is 42.3 Å². The van der Waals surface area contributed by atoms with Crippen LogP contribution in [0.4, 0.5) is 17.3 Å². The standard InChI is InChI=1S/C20H20N8OS/c21-18(29)16-8-13(11-30-16)15-10-23-19(20-24-12-25-28(15)20)26-14-4-5-17(22-9-14)27-6-2-1-3-7-27/h4-5,8-12H,1-3,6-7H2,(H2,21,29)(H,23,26). The minimum Gasteiger partial charge on any atom is -0.365 e. The molecule has 0 saturated carbocycles. The molecular formula is C20H20N8OS. The molecule has 30 heavy (non-hydrogen) atoms. The topological polar surface area (TPSA) is 114 Å². The van der Waals surface area contributed by atoms with E-state index in [2.05, 4.69) is 30.3 Å². The fourth-order valence-corrected chi connectivity index (χ4v) is 4.36. The van der Waals surface area contributed by atoms with Crippen molar-refractivity contribution >= 4 is 40.2 Å². The highest BCUT2D eigenvalue weighted by molar-refractivity contribution is 7.12. The summed E-state index contributed by atoms with van der Waals surface area (Å²) >= 11 is 1.29. The average Bonchev–Trinajstić information content (AvgIpc) is 3.46. The molecule has 1 saturated heterocycles. The van der Waals surface area contributed by atoms with Crippen molar-refractivity contribution in [2.24, 2.45) is 5.73 Å². The zero-order valence-corrected chi connectivity index (χ0v) is 17.0. The van der Waals surface area contributed by atoms with Gasteiger partial charge in [-0.2, -0.15) is 5.10 Å². The van der Waals surface area contributed by atoms with Gasteiger partial charge in [0.25, 0.3) is 5.91 Å². The van der Waals surface area contributed by atoms with Crippen molar-refractivity contribution in [3.63, 3.8) is 0 Å². The Bertz CT molecular complexity index is 1190. The van der Waals surface area contributed by atoms with Crippen molar-refractivity contribution in [2.45, 2.75) is 19.3 Å². The number of nitrogens with zero attached hydrogens (tertiary/aromatic N) is 6. The van der Waals surface area contributed by atoms with Crippen LogP contribution in [0.2, 0.25) is 0 Å². The number of piperidine rings is 1. The predicted molar refractivity (Wildman–Crippen MR) is 116 cm³/mol. The van der Waals surface area contributed by atoms with Crippen LogP contribution in [-0.4, -0.2) is 43.6 Å². The lowest BCUT2D eigenvalue weighted by Crippen LogP contribution is -2.29. The molecule has 4 aromatic rings. The Hall–Kier alpha value is -3.53. The average molecular weight is 421 g/mol. The van der Waals surface area contributed by atoms with E-state index in [0.29, 0.717) is 16.3 Å². The molecule has 9 nitrogen and oxygen atoms in total. The smallest absolute Gasteiger partial charge is 0.258 e. The van der Waals surface area contributed by atoms with Crippen molar-refractivity contribution in [2.75, 3.05) is 23.3 Å². The number of amides is 1. The van der Waals surface area contributed by atoms with Crippen LogP contribution in [-0.2, 0) is 0 Å². The SMILES string of the molecule is NC(=O)c1cc(-c2cnc(Nc3ccc(N4CCCCC4)nc3)c3ncnn23)cs1. The number of thiophene rings is 1. The minimum atomic E-state index is -0.451. The van der Waals surface area contributed by atoms with Gasteiger partial charge in [0.1, 0.15) is 12.1 Å². The first-order valence-electron chi connectivity index (χ1n) is 9.74. The molecule has 1 aliphatic rings. The van der Waals surface area contributed by atoms with Gasteiger partial charge in [-0.05, 0) is 37.5 Å². The second kappa shape index (κ2) is 7.71. The molecule has 1 amide bonds. The maximum Gasteiger partial charge on any atom is 0.258 e. The Labute approximate surface area is 176 Å². The number of primary amides is 1. The molecule has 0 bridgehead atoms. The number of carbonyl (C=O) groups is 1. The molecule has 0 radical (unpaired) electrons. The van der Waals surface area contributed by atoms with Gasteiger partial charge in [0.15, 0.2) is 11.5 Å². The monoisotopic (exact) mass is 420 g/mol. The van der Waals surface area contributed by atoms with Gasteiger partial charge in [-0.25, -0.2) is 19.5 Å². The maximum absolute atomic E-state index is 11.4. The molecule has 5 rings (SSSR count). The Morgan fingerprint density at radius 3 is 2.70 bits per heavy atom. The third-order valence-electron chi connectivity index (χ3n) is 5.13. The number of nitrogens with one attached hydrogen (secondary N) is 1. The maximum atomic E-state index is 11.4. The summed E-state index contributed by atoms with van der Waals surface area (Å²) in [6, 6.07) is 5.76. The molecule has 0 aromatic carbocycles. The first kappa shape index (κ1) is 18.5. The van der Waals surface area contributed by atoms with Crippen LogP contribution < -0.4 is 16.0 Å². The largest absolute Gasteiger partial charge is 0.365 e. The molecule has 3 N–H and O–H groups in total. The van der Waals surface area contributed by atoms with Crippen LogP contribution in [0.25, 0.3) is 16.9 Å². The quantitative estimate of drug-likeness (QED) is 0.510. The van der Waals surface area contributed by atoms with Crippen LogP contribution in [0.1, 0.15) is 28.9 Å². The number of rotatable bonds is 5. The Balaban J connectivity index is 1.41. The van der Waals surface area contributed by atoms with E-state index in [1.54, 1.807) is 16.8 Å². The van der Waals surface area contributed by atoms with E-state index < -0.39 is 5.91 Å². The summed E-state index contributed by atoms with van der Waals surface area (Å²) in [7, 11) is 0. The van der Waals surface area contributed by atoms with Crippen molar-refractivity contribution in [3.05, 3.63) is 47.2 Å². The highest BCUT2D eigenvalue weighted by atomic mass is 32.1. The minimum absolute atomic E-state index is 0.451. The number of hydrogen-bond donors (Lipinski definition) is 2. The van der Waals surface area contributed by atoms with Crippen LogP contribution in [0, 0.1) is 0 Å². The second-order valence-corrected chi connectivity index (χ2v) is 8.04. The predicted octanol–water partition coefficient (Wildman–Crippen LogP) is 3.08. The van der Waals surface area contributed by atoms with Crippen LogP contribution in [0.3, 0.4) is 0 Å². The molecule has 0 unspecified atom stereocenters. The molecule has 5 heterocycles. The number of nitrogens with two attached hydrogens (primary N) is 1. The second-order valence-electron chi connectivity index (χ2n) is 7.13. The van der Waals surface area contributed by atoms with Crippen molar-refractivity contribution in [1.29, 1.82) is 0 Å². The fourth-order valence-electron chi connectivity index (χ4n) is 3.61. The number of carbonyl (C=O) groups excluding carboxylic acids is 1. The lowest BCUT2D eigenvalue weighted by atomic mass is 10.1. The lowest BCUT2D eigenvalue weighted by molar-refractivity contribution is 0.100. The van der Waals surface area contributed by atoms with E-state index >= 15 is 0 Å². The van der Waals surface area contributed by atoms with Gasteiger partial charge in [-0.3, -0.25) is 4.79 Å². The first-order valence-corrected chi connectivity index (χ1v) is 10.6. The summed E-state index contributed by atoms with van der Waals surface area (Å²) in [6.07, 6.45) is 8.71. The molecule has 4 aromatic heterocycles. The normalized spacial score (nSPS) is 14.2. The molecule has 1 fully saturated rings. The molecular weight excluding hydrogens is 400 g/mol. The Morgan fingerprint density at radius 1 is 1.10 bits per heavy atom. The number of anilines is 3. The summed E-state index contributed by atoms with van der Waals surface area (Å²) in [5.74, 6) is 1.13. The highest BCUT2D eigenvalue weighted by Gasteiger charge is 2.15. The van der Waals surface area contributed by atoms with E-state index in [1.165, 1.54) is 36.9 Å². The van der Waals surface area contributed by atoms with E-state index in [9.17, 15) is 4.79 Å². The number of aromatic nitrogens is 5. The molecule has 152 valence electrons. The van der Waals surface area contributed by atoms with Crippen LogP contribution in [0.5, 0.6) is 0 Å². The van der Waals surface area contributed by atoms with Gasteiger partial charge >= 0.3 is 0 Å². The van der Waals surface area contributed by atoms with Gasteiger partial charge in [0, 0.05) is 24.0 Å². The molecule has 0 atom stereocenters. The summed E-state index contributed by atoms with van der Waals surface area (Å²) in [6.45, 7) is 2.12. The van der Waals surface area contributed by atoms with E-state index in [0.717, 1.165) is 35.9 Å².